The smallest absolute Gasteiger partial charge is 0.270 e. The Morgan fingerprint density at radius 1 is 1.30 bits per heavy atom. The van der Waals surface area contributed by atoms with Crippen LogP contribution >= 0.6 is 0 Å². The molecule has 1 aromatic heterocycles. The lowest BCUT2D eigenvalue weighted by molar-refractivity contribution is 0.0937. The van der Waals surface area contributed by atoms with Crippen LogP contribution in [0.1, 0.15) is 53.8 Å². The highest BCUT2D eigenvalue weighted by molar-refractivity contribution is 5.93. The first-order valence-electron chi connectivity index (χ1n) is 7.66. The number of nitrogens with zero attached hydrogens (tertiary/aromatic N) is 2. The molecule has 3 rings (SSSR count). The molecule has 2 heterocycles. The van der Waals surface area contributed by atoms with Crippen LogP contribution < -0.4 is 10.6 Å². The Bertz CT molecular complexity index is 483. The van der Waals surface area contributed by atoms with Crippen LogP contribution in [0.5, 0.6) is 0 Å². The topological polar surface area (TPSA) is 66.9 Å². The lowest BCUT2D eigenvalue weighted by Gasteiger charge is -2.22. The van der Waals surface area contributed by atoms with Gasteiger partial charge in [0.15, 0.2) is 0 Å². The van der Waals surface area contributed by atoms with Crippen molar-refractivity contribution >= 4 is 5.91 Å². The fourth-order valence-electron chi connectivity index (χ4n) is 3.19. The van der Waals surface area contributed by atoms with Gasteiger partial charge in [0, 0.05) is 18.7 Å². The van der Waals surface area contributed by atoms with E-state index in [1.54, 1.807) is 0 Å². The minimum Gasteiger partial charge on any atom is -0.350 e. The maximum Gasteiger partial charge on any atom is 0.270 e. The molecule has 1 aliphatic carbocycles. The highest BCUT2D eigenvalue weighted by atomic mass is 16.1. The molecule has 2 N–H and O–H groups in total. The number of fused-ring (bicyclic) bond motifs is 1. The fourth-order valence-corrected chi connectivity index (χ4v) is 3.19. The zero-order chi connectivity index (χ0) is 13.8. The van der Waals surface area contributed by atoms with Gasteiger partial charge in [0.1, 0.15) is 12.0 Å². The van der Waals surface area contributed by atoms with Gasteiger partial charge in [-0.3, -0.25) is 4.79 Å². The molecule has 1 aliphatic heterocycles. The van der Waals surface area contributed by atoms with E-state index in [4.69, 9.17) is 0 Å². The van der Waals surface area contributed by atoms with Gasteiger partial charge in [0.05, 0.1) is 5.69 Å². The van der Waals surface area contributed by atoms with E-state index in [1.807, 2.05) is 0 Å². The van der Waals surface area contributed by atoms with Crippen LogP contribution in [0.4, 0.5) is 0 Å². The van der Waals surface area contributed by atoms with E-state index in [-0.39, 0.29) is 5.91 Å². The van der Waals surface area contributed by atoms with Crippen LogP contribution in [0, 0.1) is 5.92 Å². The number of amides is 1. The van der Waals surface area contributed by atoms with Crippen molar-refractivity contribution < 1.29 is 4.79 Å². The second-order valence-corrected chi connectivity index (χ2v) is 5.79. The highest BCUT2D eigenvalue weighted by Gasteiger charge is 2.21. The van der Waals surface area contributed by atoms with Gasteiger partial charge in [-0.05, 0) is 31.7 Å². The van der Waals surface area contributed by atoms with E-state index >= 15 is 0 Å². The predicted molar refractivity (Wildman–Crippen MR) is 76.4 cm³/mol. The summed E-state index contributed by atoms with van der Waals surface area (Å²) in [4.78, 5) is 20.8. The van der Waals surface area contributed by atoms with Crippen molar-refractivity contribution in [1.29, 1.82) is 0 Å². The average Bonchev–Trinajstić information content (AvgIpc) is 2.53. The second-order valence-electron chi connectivity index (χ2n) is 5.79. The minimum absolute atomic E-state index is 0.0314. The number of carbonyl (C=O) groups excluding carboxylic acids is 1. The molecule has 2 aliphatic rings. The maximum atomic E-state index is 12.3. The summed E-state index contributed by atoms with van der Waals surface area (Å²) in [5.74, 6) is 0.614. The van der Waals surface area contributed by atoms with Crippen molar-refractivity contribution in [2.24, 2.45) is 5.92 Å². The number of rotatable bonds is 3. The third-order valence-corrected chi connectivity index (χ3v) is 4.37. The first-order valence-corrected chi connectivity index (χ1v) is 7.66. The molecule has 1 fully saturated rings. The molecule has 20 heavy (non-hydrogen) atoms. The molecule has 5 nitrogen and oxygen atoms in total. The number of carbonyl (C=O) groups is 1. The fraction of sp³-hybridized carbons (Fsp3) is 0.667. The Labute approximate surface area is 119 Å². The van der Waals surface area contributed by atoms with E-state index in [0.29, 0.717) is 11.6 Å². The second kappa shape index (κ2) is 6.31. The lowest BCUT2D eigenvalue weighted by atomic mass is 9.89. The van der Waals surface area contributed by atoms with Gasteiger partial charge in [-0.2, -0.15) is 0 Å². The summed E-state index contributed by atoms with van der Waals surface area (Å²) in [6.45, 7) is 2.42. The summed E-state index contributed by atoms with van der Waals surface area (Å²) >= 11 is 0. The van der Waals surface area contributed by atoms with E-state index in [0.717, 1.165) is 37.3 Å². The summed E-state index contributed by atoms with van der Waals surface area (Å²) < 4.78 is 0. The largest absolute Gasteiger partial charge is 0.350 e. The summed E-state index contributed by atoms with van der Waals surface area (Å²) in [6, 6.07) is 0. The van der Waals surface area contributed by atoms with Gasteiger partial charge < -0.3 is 10.6 Å². The van der Waals surface area contributed by atoms with Crippen molar-refractivity contribution in [1.82, 2.24) is 20.6 Å². The molecule has 0 aromatic carbocycles. The molecule has 5 heteroatoms. The Morgan fingerprint density at radius 3 is 3.00 bits per heavy atom. The molecule has 0 bridgehead atoms. The summed E-state index contributed by atoms with van der Waals surface area (Å²) in [5.41, 5.74) is 2.56. The zero-order valence-corrected chi connectivity index (χ0v) is 11.8. The van der Waals surface area contributed by atoms with E-state index in [1.165, 1.54) is 38.4 Å². The SMILES string of the molecule is O=C(NCC1CCCCC1)c1ncnc2c1CCNC2. The molecule has 1 aromatic rings. The van der Waals surface area contributed by atoms with Crippen LogP contribution in [-0.2, 0) is 13.0 Å². The van der Waals surface area contributed by atoms with Crippen molar-refractivity contribution in [2.45, 2.75) is 45.1 Å². The molecular weight excluding hydrogens is 252 g/mol. The number of hydrogen-bond donors (Lipinski definition) is 2. The molecule has 1 saturated carbocycles. The highest BCUT2D eigenvalue weighted by Crippen LogP contribution is 2.23. The van der Waals surface area contributed by atoms with Crippen LogP contribution in [0.3, 0.4) is 0 Å². The molecule has 0 atom stereocenters. The third-order valence-electron chi connectivity index (χ3n) is 4.37. The summed E-state index contributed by atoms with van der Waals surface area (Å²) in [7, 11) is 0. The molecule has 108 valence electrons. The molecule has 0 spiro atoms. The van der Waals surface area contributed by atoms with Gasteiger partial charge in [-0.25, -0.2) is 9.97 Å². The van der Waals surface area contributed by atoms with Crippen molar-refractivity contribution in [3.63, 3.8) is 0 Å². The van der Waals surface area contributed by atoms with Crippen molar-refractivity contribution in [3.8, 4) is 0 Å². The zero-order valence-electron chi connectivity index (χ0n) is 11.8. The van der Waals surface area contributed by atoms with Gasteiger partial charge in [-0.1, -0.05) is 19.3 Å². The molecule has 0 unspecified atom stereocenters. The van der Waals surface area contributed by atoms with Gasteiger partial charge >= 0.3 is 0 Å². The maximum absolute atomic E-state index is 12.3. The van der Waals surface area contributed by atoms with Crippen molar-refractivity contribution in [3.05, 3.63) is 23.3 Å². The molecular formula is C15H22N4O. The van der Waals surface area contributed by atoms with E-state index < -0.39 is 0 Å². The molecule has 1 amide bonds. The monoisotopic (exact) mass is 274 g/mol. The Morgan fingerprint density at radius 2 is 2.15 bits per heavy atom. The van der Waals surface area contributed by atoms with Gasteiger partial charge in [-0.15, -0.1) is 0 Å². The number of nitrogens with one attached hydrogen (secondary N) is 2. The molecule has 0 saturated heterocycles. The van der Waals surface area contributed by atoms with Gasteiger partial charge in [0.2, 0.25) is 0 Å². The van der Waals surface area contributed by atoms with E-state index in [9.17, 15) is 4.79 Å². The Balaban J connectivity index is 1.64. The van der Waals surface area contributed by atoms with E-state index in [2.05, 4.69) is 20.6 Å². The van der Waals surface area contributed by atoms with Crippen LogP contribution in [-0.4, -0.2) is 29.0 Å². The first kappa shape index (κ1) is 13.5. The minimum atomic E-state index is -0.0314. The number of aromatic nitrogens is 2. The Kier molecular flexibility index (Phi) is 4.25. The lowest BCUT2D eigenvalue weighted by Crippen LogP contribution is -2.34. The van der Waals surface area contributed by atoms with Crippen LogP contribution in [0.15, 0.2) is 6.33 Å². The quantitative estimate of drug-likeness (QED) is 0.875. The molecule has 0 radical (unpaired) electrons. The third kappa shape index (κ3) is 2.98. The standard InChI is InChI=1S/C15H22N4O/c20-15(17-8-11-4-2-1-3-5-11)14-12-6-7-16-9-13(12)18-10-19-14/h10-11,16H,1-9H2,(H,17,20). The Hall–Kier alpha value is -1.49. The predicted octanol–water partition coefficient (Wildman–Crippen LogP) is 1.43. The van der Waals surface area contributed by atoms with Gasteiger partial charge in [0.25, 0.3) is 5.91 Å². The first-order chi connectivity index (χ1) is 9.84. The van der Waals surface area contributed by atoms with Crippen molar-refractivity contribution in [2.75, 3.05) is 13.1 Å². The van der Waals surface area contributed by atoms with Crippen LogP contribution in [0.25, 0.3) is 0 Å². The van der Waals surface area contributed by atoms with Crippen LogP contribution in [0.2, 0.25) is 0 Å². The number of hydrogen-bond acceptors (Lipinski definition) is 4. The summed E-state index contributed by atoms with van der Waals surface area (Å²) in [6.07, 6.45) is 8.77. The summed E-state index contributed by atoms with van der Waals surface area (Å²) in [5, 5.41) is 6.34. The normalized spacial score (nSPS) is 19.4. The average molecular weight is 274 g/mol.